The Morgan fingerprint density at radius 1 is 1.38 bits per heavy atom. The summed E-state index contributed by atoms with van der Waals surface area (Å²) in [6, 6.07) is 4.44. The van der Waals surface area contributed by atoms with Crippen molar-refractivity contribution in [1.29, 1.82) is 0 Å². The van der Waals surface area contributed by atoms with Crippen LogP contribution in [0.3, 0.4) is 0 Å². The fourth-order valence-electron chi connectivity index (χ4n) is 2.63. The van der Waals surface area contributed by atoms with Crippen LogP contribution in [0.25, 0.3) is 0 Å². The van der Waals surface area contributed by atoms with E-state index in [0.717, 1.165) is 0 Å². The molecule has 0 unspecified atom stereocenters. The first-order valence-electron chi connectivity index (χ1n) is 6.77. The highest BCUT2D eigenvalue weighted by Gasteiger charge is 2.36. The van der Waals surface area contributed by atoms with Crippen LogP contribution in [0, 0.1) is 5.82 Å². The molecule has 1 fully saturated rings. The van der Waals surface area contributed by atoms with E-state index in [9.17, 15) is 9.18 Å². The van der Waals surface area contributed by atoms with E-state index >= 15 is 0 Å². The summed E-state index contributed by atoms with van der Waals surface area (Å²) < 4.78 is 29.6. The first kappa shape index (κ1) is 15.7. The van der Waals surface area contributed by atoms with Crippen molar-refractivity contribution >= 4 is 5.91 Å². The Morgan fingerprint density at radius 2 is 2.14 bits per heavy atom. The second kappa shape index (κ2) is 6.87. The Hall–Kier alpha value is -1.66. The van der Waals surface area contributed by atoms with Crippen LogP contribution in [0.1, 0.15) is 16.8 Å². The standard InChI is InChI=1S/C15H20FNO4/c1-19-9-10-7-11(20-2)8-17(10)15(18)12-5-4-6-13(21-3)14(12)16/h4-6,10-11H,7-9H2,1-3H3/t10-,11+/m0/s1. The summed E-state index contributed by atoms with van der Waals surface area (Å²) in [6.45, 7) is 0.831. The zero-order chi connectivity index (χ0) is 15.4. The highest BCUT2D eigenvalue weighted by atomic mass is 19.1. The molecule has 116 valence electrons. The van der Waals surface area contributed by atoms with Gasteiger partial charge in [0.25, 0.3) is 5.91 Å². The minimum Gasteiger partial charge on any atom is -0.494 e. The van der Waals surface area contributed by atoms with Crippen molar-refractivity contribution in [3.63, 3.8) is 0 Å². The van der Waals surface area contributed by atoms with E-state index in [0.29, 0.717) is 19.6 Å². The molecule has 1 aromatic carbocycles. The van der Waals surface area contributed by atoms with Gasteiger partial charge >= 0.3 is 0 Å². The van der Waals surface area contributed by atoms with E-state index < -0.39 is 5.82 Å². The summed E-state index contributed by atoms with van der Waals surface area (Å²) in [4.78, 5) is 14.2. The lowest BCUT2D eigenvalue weighted by Crippen LogP contribution is -2.38. The minimum atomic E-state index is -0.637. The summed E-state index contributed by atoms with van der Waals surface area (Å²) in [5, 5.41) is 0. The van der Waals surface area contributed by atoms with E-state index in [1.54, 1.807) is 25.2 Å². The maximum Gasteiger partial charge on any atom is 0.257 e. The fourth-order valence-corrected chi connectivity index (χ4v) is 2.63. The molecular weight excluding hydrogens is 277 g/mol. The van der Waals surface area contributed by atoms with E-state index in [2.05, 4.69) is 0 Å². The van der Waals surface area contributed by atoms with Crippen molar-refractivity contribution in [3.05, 3.63) is 29.6 Å². The average molecular weight is 297 g/mol. The summed E-state index contributed by atoms with van der Waals surface area (Å²) >= 11 is 0. The van der Waals surface area contributed by atoms with E-state index in [-0.39, 0.29) is 29.4 Å². The van der Waals surface area contributed by atoms with Crippen molar-refractivity contribution < 1.29 is 23.4 Å². The lowest BCUT2D eigenvalue weighted by molar-refractivity contribution is 0.0607. The number of ether oxygens (including phenoxy) is 3. The molecule has 0 bridgehead atoms. The van der Waals surface area contributed by atoms with E-state index in [1.807, 2.05) is 0 Å². The number of carbonyl (C=O) groups excluding carboxylic acids is 1. The summed E-state index contributed by atoms with van der Waals surface area (Å²) in [5.74, 6) is -0.943. The molecule has 0 saturated carbocycles. The number of hydrogen-bond acceptors (Lipinski definition) is 4. The van der Waals surface area contributed by atoms with Crippen LogP contribution in [0.4, 0.5) is 4.39 Å². The van der Waals surface area contributed by atoms with Gasteiger partial charge in [-0.2, -0.15) is 0 Å². The van der Waals surface area contributed by atoms with Crippen molar-refractivity contribution in [2.45, 2.75) is 18.6 Å². The third-order valence-electron chi connectivity index (χ3n) is 3.74. The molecule has 6 heteroatoms. The van der Waals surface area contributed by atoms with Crippen molar-refractivity contribution in [1.82, 2.24) is 4.90 Å². The normalized spacial score (nSPS) is 21.6. The first-order chi connectivity index (χ1) is 10.1. The quantitative estimate of drug-likeness (QED) is 0.830. The average Bonchev–Trinajstić information content (AvgIpc) is 2.90. The number of halogens is 1. The molecule has 5 nitrogen and oxygen atoms in total. The largest absolute Gasteiger partial charge is 0.494 e. The van der Waals surface area contributed by atoms with Gasteiger partial charge in [-0.05, 0) is 18.6 Å². The number of hydrogen-bond donors (Lipinski definition) is 0. The van der Waals surface area contributed by atoms with Gasteiger partial charge in [0.1, 0.15) is 0 Å². The third-order valence-corrected chi connectivity index (χ3v) is 3.74. The molecule has 0 aromatic heterocycles. The molecule has 1 aliphatic rings. The maximum absolute atomic E-state index is 14.2. The number of rotatable bonds is 5. The summed E-state index contributed by atoms with van der Waals surface area (Å²) in [7, 11) is 4.56. The van der Waals surface area contributed by atoms with E-state index in [1.165, 1.54) is 19.2 Å². The molecule has 0 N–H and O–H groups in total. The Morgan fingerprint density at radius 3 is 2.76 bits per heavy atom. The van der Waals surface area contributed by atoms with Gasteiger partial charge in [-0.1, -0.05) is 6.07 Å². The fraction of sp³-hybridized carbons (Fsp3) is 0.533. The van der Waals surface area contributed by atoms with Crippen LogP contribution < -0.4 is 4.74 Å². The zero-order valence-electron chi connectivity index (χ0n) is 12.5. The number of carbonyl (C=O) groups is 1. The predicted octanol–water partition coefficient (Wildman–Crippen LogP) is 1.71. The third kappa shape index (κ3) is 3.16. The monoisotopic (exact) mass is 297 g/mol. The molecule has 2 rings (SSSR count). The molecule has 21 heavy (non-hydrogen) atoms. The molecule has 1 heterocycles. The van der Waals surface area contributed by atoms with Gasteiger partial charge in [0.15, 0.2) is 11.6 Å². The topological polar surface area (TPSA) is 48.0 Å². The molecular formula is C15H20FNO4. The number of amides is 1. The highest BCUT2D eigenvalue weighted by Crippen LogP contribution is 2.26. The van der Waals surface area contributed by atoms with Crippen LogP contribution in [-0.2, 0) is 9.47 Å². The number of likely N-dealkylation sites (tertiary alicyclic amines) is 1. The molecule has 0 radical (unpaired) electrons. The lowest BCUT2D eigenvalue weighted by atomic mass is 10.1. The Bertz CT molecular complexity index is 508. The van der Waals surface area contributed by atoms with Gasteiger partial charge < -0.3 is 19.1 Å². The van der Waals surface area contributed by atoms with Crippen molar-refractivity contribution in [2.75, 3.05) is 34.5 Å². The van der Waals surface area contributed by atoms with Gasteiger partial charge in [0.2, 0.25) is 0 Å². The Kier molecular flexibility index (Phi) is 5.14. The second-order valence-electron chi connectivity index (χ2n) is 4.98. The SMILES string of the molecule is COC[C@@H]1C[C@@H](OC)CN1C(=O)c1cccc(OC)c1F. The highest BCUT2D eigenvalue weighted by molar-refractivity contribution is 5.95. The van der Waals surface area contributed by atoms with Crippen molar-refractivity contribution in [2.24, 2.45) is 0 Å². The minimum absolute atomic E-state index is 0.00667. The van der Waals surface area contributed by atoms with Crippen LogP contribution in [-0.4, -0.2) is 57.4 Å². The Labute approximate surface area is 123 Å². The van der Waals surface area contributed by atoms with E-state index in [4.69, 9.17) is 14.2 Å². The molecule has 1 amide bonds. The number of methoxy groups -OCH3 is 3. The smallest absolute Gasteiger partial charge is 0.257 e. The zero-order valence-corrected chi connectivity index (χ0v) is 12.5. The lowest BCUT2D eigenvalue weighted by Gasteiger charge is -2.24. The molecule has 1 saturated heterocycles. The molecule has 1 aromatic rings. The predicted molar refractivity (Wildman–Crippen MR) is 75.1 cm³/mol. The van der Waals surface area contributed by atoms with Gasteiger partial charge in [0.05, 0.1) is 31.4 Å². The molecule has 2 atom stereocenters. The van der Waals surface area contributed by atoms with Crippen LogP contribution >= 0.6 is 0 Å². The molecule has 0 spiro atoms. The van der Waals surface area contributed by atoms with Crippen molar-refractivity contribution in [3.8, 4) is 5.75 Å². The molecule has 1 aliphatic heterocycles. The van der Waals surface area contributed by atoms with Crippen LogP contribution in [0.15, 0.2) is 18.2 Å². The van der Waals surface area contributed by atoms with Gasteiger partial charge in [0, 0.05) is 20.8 Å². The number of nitrogens with zero attached hydrogens (tertiary/aromatic N) is 1. The Balaban J connectivity index is 2.26. The molecule has 0 aliphatic carbocycles. The second-order valence-corrected chi connectivity index (χ2v) is 4.98. The first-order valence-corrected chi connectivity index (χ1v) is 6.77. The maximum atomic E-state index is 14.2. The van der Waals surface area contributed by atoms with Crippen LogP contribution in [0.2, 0.25) is 0 Å². The van der Waals surface area contributed by atoms with Gasteiger partial charge in [-0.25, -0.2) is 4.39 Å². The number of benzene rings is 1. The van der Waals surface area contributed by atoms with Crippen LogP contribution in [0.5, 0.6) is 5.75 Å². The van der Waals surface area contributed by atoms with Gasteiger partial charge in [-0.3, -0.25) is 4.79 Å². The van der Waals surface area contributed by atoms with Gasteiger partial charge in [-0.15, -0.1) is 0 Å². The summed E-state index contributed by atoms with van der Waals surface area (Å²) in [5.41, 5.74) is 0.00667. The summed E-state index contributed by atoms with van der Waals surface area (Å²) in [6.07, 6.45) is 0.629.